The number of nitrogens with one attached hydrogen (secondary N) is 1. The number of amides is 1. The molecule has 0 radical (unpaired) electrons. The van der Waals surface area contributed by atoms with E-state index in [0.29, 0.717) is 5.56 Å². The van der Waals surface area contributed by atoms with E-state index in [1.54, 1.807) is 12.1 Å². The minimum absolute atomic E-state index is 0. The topological polar surface area (TPSA) is 32.3 Å². The third kappa shape index (κ3) is 3.08. The highest BCUT2D eigenvalue weighted by molar-refractivity contribution is 5.98. The molecule has 24 heavy (non-hydrogen) atoms. The van der Waals surface area contributed by atoms with Crippen LogP contribution in [0.2, 0.25) is 0 Å². The van der Waals surface area contributed by atoms with Gasteiger partial charge in [0.2, 0.25) is 0 Å². The fourth-order valence-corrected chi connectivity index (χ4v) is 3.87. The highest BCUT2D eigenvalue weighted by atomic mass is 35.5. The summed E-state index contributed by atoms with van der Waals surface area (Å²) in [5, 5.41) is 3.25. The normalized spacial score (nSPS) is 22.4. The quantitative estimate of drug-likeness (QED) is 0.809. The largest absolute Gasteiger partial charge is 0.394 e. The second-order valence-electron chi connectivity index (χ2n) is 6.86. The highest BCUT2D eigenvalue weighted by Crippen LogP contribution is 2.45. The Bertz CT molecular complexity index is 631. The first kappa shape index (κ1) is 18.9. The molecule has 1 aromatic rings. The number of benzene rings is 1. The third-order valence-electron chi connectivity index (χ3n) is 5.16. The maximum absolute atomic E-state index is 13.2. The molecule has 1 aromatic carbocycles. The molecule has 1 saturated heterocycles. The molecule has 0 bridgehead atoms. The summed E-state index contributed by atoms with van der Waals surface area (Å²) in [6, 6.07) is 5.43. The van der Waals surface area contributed by atoms with Crippen LogP contribution in [0.15, 0.2) is 18.2 Å². The van der Waals surface area contributed by atoms with Crippen LogP contribution in [0, 0.1) is 5.92 Å². The molecule has 134 valence electrons. The van der Waals surface area contributed by atoms with Gasteiger partial charge < -0.3 is 10.2 Å². The van der Waals surface area contributed by atoms with Crippen LogP contribution in [0.3, 0.4) is 0 Å². The van der Waals surface area contributed by atoms with Crippen LogP contribution in [0.1, 0.15) is 42.6 Å². The van der Waals surface area contributed by atoms with E-state index in [4.69, 9.17) is 0 Å². The van der Waals surface area contributed by atoms with Gasteiger partial charge in [-0.05, 0) is 50.8 Å². The second kappa shape index (κ2) is 6.47. The average molecular weight is 363 g/mol. The predicted octanol–water partition coefficient (Wildman–Crippen LogP) is 4.27. The monoisotopic (exact) mass is 362 g/mol. The number of halogens is 4. The molecule has 0 spiro atoms. The molecule has 1 atom stereocenters. The van der Waals surface area contributed by atoms with Gasteiger partial charge in [0.1, 0.15) is 0 Å². The van der Waals surface area contributed by atoms with E-state index in [2.05, 4.69) is 5.32 Å². The molecule has 2 aliphatic heterocycles. The Kier molecular flexibility index (Phi) is 5.09. The molecule has 1 fully saturated rings. The van der Waals surface area contributed by atoms with Crippen molar-refractivity contribution in [3.8, 4) is 0 Å². The first-order chi connectivity index (χ1) is 10.7. The van der Waals surface area contributed by atoms with Gasteiger partial charge in [-0.2, -0.15) is 13.2 Å². The summed E-state index contributed by atoms with van der Waals surface area (Å²) < 4.78 is 39.7. The third-order valence-corrected chi connectivity index (χ3v) is 5.16. The maximum atomic E-state index is 13.2. The number of fused-ring (bicyclic) bond motifs is 1. The summed E-state index contributed by atoms with van der Waals surface area (Å²) in [5.41, 5.74) is 1.16. The number of nitrogens with zero attached hydrogens (tertiary/aromatic N) is 1. The van der Waals surface area contributed by atoms with E-state index >= 15 is 0 Å². The van der Waals surface area contributed by atoms with Crippen molar-refractivity contribution in [3.05, 3.63) is 29.3 Å². The molecule has 2 heterocycles. The molecule has 7 heteroatoms. The van der Waals surface area contributed by atoms with Crippen molar-refractivity contribution < 1.29 is 18.0 Å². The van der Waals surface area contributed by atoms with Crippen molar-refractivity contribution in [3.63, 3.8) is 0 Å². The van der Waals surface area contributed by atoms with Gasteiger partial charge in [0.15, 0.2) is 0 Å². The lowest BCUT2D eigenvalue weighted by atomic mass is 9.87. The minimum atomic E-state index is -4.28. The predicted molar refractivity (Wildman–Crippen MR) is 89.8 cm³/mol. The zero-order valence-corrected chi connectivity index (χ0v) is 14.6. The van der Waals surface area contributed by atoms with Crippen LogP contribution >= 0.6 is 12.4 Å². The van der Waals surface area contributed by atoms with Gasteiger partial charge in [0, 0.05) is 29.9 Å². The lowest BCUT2D eigenvalue weighted by molar-refractivity contribution is -0.189. The Morgan fingerprint density at radius 2 is 2.04 bits per heavy atom. The summed E-state index contributed by atoms with van der Waals surface area (Å²) in [6.07, 6.45) is -2.61. The van der Waals surface area contributed by atoms with Gasteiger partial charge in [-0.3, -0.25) is 4.79 Å². The van der Waals surface area contributed by atoms with Crippen LogP contribution in [0.25, 0.3) is 0 Å². The van der Waals surface area contributed by atoms with Crippen molar-refractivity contribution in [1.82, 2.24) is 4.90 Å². The molecule has 3 rings (SSSR count). The molecule has 1 N–H and O–H groups in total. The van der Waals surface area contributed by atoms with Crippen molar-refractivity contribution in [2.45, 2.75) is 44.8 Å². The van der Waals surface area contributed by atoms with Crippen molar-refractivity contribution >= 4 is 24.0 Å². The van der Waals surface area contributed by atoms with Gasteiger partial charge in [-0.25, -0.2) is 0 Å². The molecule has 1 unspecified atom stereocenters. The molecule has 3 nitrogen and oxygen atoms in total. The van der Waals surface area contributed by atoms with Crippen molar-refractivity contribution in [1.29, 1.82) is 0 Å². The molecule has 0 aromatic heterocycles. The Balaban J connectivity index is 0.00000208. The van der Waals surface area contributed by atoms with E-state index in [-0.39, 0.29) is 31.3 Å². The second-order valence-corrected chi connectivity index (χ2v) is 6.86. The molecule has 2 aliphatic rings. The van der Waals surface area contributed by atoms with Crippen LogP contribution in [0.4, 0.5) is 18.9 Å². The van der Waals surface area contributed by atoms with Gasteiger partial charge in [0.25, 0.3) is 5.91 Å². The first-order valence-electron chi connectivity index (χ1n) is 7.97. The fourth-order valence-electron chi connectivity index (χ4n) is 3.87. The molecular weight excluding hydrogens is 341 g/mol. The highest BCUT2D eigenvalue weighted by Gasteiger charge is 2.56. The van der Waals surface area contributed by atoms with Crippen LogP contribution in [-0.4, -0.2) is 35.6 Å². The van der Waals surface area contributed by atoms with Crippen LogP contribution < -0.4 is 5.32 Å². The van der Waals surface area contributed by atoms with Crippen molar-refractivity contribution in [2.24, 2.45) is 5.92 Å². The summed E-state index contributed by atoms with van der Waals surface area (Å²) in [4.78, 5) is 14.3. The SMILES string of the molecule is CC1(C)C(C(F)(F)F)CCN1C(=O)c1cccc2c1CCCN2.Cl. The molecular formula is C17H22ClF3N2O. The number of carbonyl (C=O) groups excluding carboxylic acids is 1. The Labute approximate surface area is 146 Å². The van der Waals surface area contributed by atoms with E-state index < -0.39 is 17.6 Å². The zero-order chi connectivity index (χ0) is 16.8. The van der Waals surface area contributed by atoms with Gasteiger partial charge >= 0.3 is 6.18 Å². The Morgan fingerprint density at radius 1 is 1.33 bits per heavy atom. The summed E-state index contributed by atoms with van der Waals surface area (Å²) in [7, 11) is 0. The minimum Gasteiger partial charge on any atom is -0.385 e. The summed E-state index contributed by atoms with van der Waals surface area (Å²) in [5.74, 6) is -1.76. The number of alkyl halides is 3. The van der Waals surface area contributed by atoms with E-state index in [1.165, 1.54) is 18.7 Å². The fraction of sp³-hybridized carbons (Fsp3) is 0.588. The smallest absolute Gasteiger partial charge is 0.385 e. The Hall–Kier alpha value is -1.43. The lowest BCUT2D eigenvalue weighted by Crippen LogP contribution is -2.50. The standard InChI is InChI=1S/C17H21F3N2O.ClH/c1-16(2)14(17(18,19)20)8-10-22(16)15(23)12-5-3-7-13-11(12)6-4-9-21-13;/h3,5,7,14,21H,4,6,8-10H2,1-2H3;1H. The molecule has 1 amide bonds. The number of hydrogen-bond acceptors (Lipinski definition) is 2. The summed E-state index contributed by atoms with van der Waals surface area (Å²) >= 11 is 0. The zero-order valence-electron chi connectivity index (χ0n) is 13.7. The van der Waals surface area contributed by atoms with E-state index in [9.17, 15) is 18.0 Å². The first-order valence-corrected chi connectivity index (χ1v) is 7.97. The van der Waals surface area contributed by atoms with Crippen LogP contribution in [0.5, 0.6) is 0 Å². The number of likely N-dealkylation sites (tertiary alicyclic amines) is 1. The van der Waals surface area contributed by atoms with Crippen molar-refractivity contribution in [2.75, 3.05) is 18.4 Å². The van der Waals surface area contributed by atoms with Gasteiger partial charge in [-0.15, -0.1) is 12.4 Å². The van der Waals surface area contributed by atoms with Crippen LogP contribution in [-0.2, 0) is 6.42 Å². The molecule has 0 saturated carbocycles. The van der Waals surface area contributed by atoms with E-state index in [1.807, 2.05) is 6.07 Å². The van der Waals surface area contributed by atoms with Gasteiger partial charge in [-0.1, -0.05) is 6.07 Å². The lowest BCUT2D eigenvalue weighted by Gasteiger charge is -2.37. The summed E-state index contributed by atoms with van der Waals surface area (Å²) in [6.45, 7) is 4.04. The number of rotatable bonds is 1. The molecule has 0 aliphatic carbocycles. The van der Waals surface area contributed by atoms with E-state index in [0.717, 1.165) is 30.6 Å². The maximum Gasteiger partial charge on any atom is 0.394 e. The average Bonchev–Trinajstić information content (AvgIpc) is 2.81. The van der Waals surface area contributed by atoms with Gasteiger partial charge in [0.05, 0.1) is 5.92 Å². The Morgan fingerprint density at radius 3 is 2.67 bits per heavy atom. The number of carbonyl (C=O) groups is 1. The number of anilines is 1. The number of hydrogen-bond donors (Lipinski definition) is 1.